The number of halogens is 1. The van der Waals surface area contributed by atoms with Gasteiger partial charge in [0.1, 0.15) is 5.75 Å². The number of aliphatic hydroxyl groups is 1. The number of methoxy groups -OCH3 is 1. The van der Waals surface area contributed by atoms with Crippen molar-refractivity contribution in [2.45, 2.75) is 19.8 Å². The lowest BCUT2D eigenvalue weighted by Gasteiger charge is -2.11. The zero-order valence-corrected chi connectivity index (χ0v) is 11.4. The van der Waals surface area contributed by atoms with Crippen LogP contribution in [0.25, 0.3) is 0 Å². The summed E-state index contributed by atoms with van der Waals surface area (Å²) < 4.78 is 5.23. The van der Waals surface area contributed by atoms with Gasteiger partial charge >= 0.3 is 0 Å². The van der Waals surface area contributed by atoms with Crippen molar-refractivity contribution in [3.05, 3.63) is 28.3 Å². The molecule has 5 heteroatoms. The Hall–Kier alpha value is -1.26. The number of benzene rings is 1. The molecule has 18 heavy (non-hydrogen) atoms. The third kappa shape index (κ3) is 4.20. The van der Waals surface area contributed by atoms with Gasteiger partial charge in [0.2, 0.25) is 5.91 Å². The first-order valence-corrected chi connectivity index (χ1v) is 6.17. The maximum absolute atomic E-state index is 11.7. The van der Waals surface area contributed by atoms with Crippen LogP contribution in [0.1, 0.15) is 17.5 Å². The van der Waals surface area contributed by atoms with Gasteiger partial charge in [-0.05, 0) is 31.0 Å². The summed E-state index contributed by atoms with van der Waals surface area (Å²) in [5.74, 6) is 0.552. The number of aryl methyl sites for hydroxylation is 1. The number of hydrogen-bond donors (Lipinski definition) is 2. The van der Waals surface area contributed by atoms with Crippen LogP contribution in [-0.4, -0.2) is 31.3 Å². The summed E-state index contributed by atoms with van der Waals surface area (Å²) in [6, 6.07) is 3.57. The summed E-state index contributed by atoms with van der Waals surface area (Å²) in [6.07, 6.45) is 0.770. The van der Waals surface area contributed by atoms with Gasteiger partial charge in [-0.1, -0.05) is 11.6 Å². The monoisotopic (exact) mass is 271 g/mol. The van der Waals surface area contributed by atoms with Crippen molar-refractivity contribution in [2.75, 3.05) is 20.3 Å². The van der Waals surface area contributed by atoms with Gasteiger partial charge in [-0.25, -0.2) is 0 Å². The predicted octanol–water partition coefficient (Wildman–Crippen LogP) is 1.70. The van der Waals surface area contributed by atoms with E-state index in [1.165, 1.54) is 0 Å². The summed E-state index contributed by atoms with van der Waals surface area (Å²) in [5, 5.41) is 12.0. The molecule has 0 atom stereocenters. The van der Waals surface area contributed by atoms with E-state index in [4.69, 9.17) is 21.4 Å². The lowest BCUT2D eigenvalue weighted by molar-refractivity contribution is -0.120. The molecule has 0 fully saturated rings. The number of aliphatic hydroxyl groups excluding tert-OH is 1. The Kier molecular flexibility index (Phi) is 5.95. The molecule has 0 saturated carbocycles. The molecule has 1 aromatic rings. The fourth-order valence-electron chi connectivity index (χ4n) is 1.57. The molecule has 0 aromatic heterocycles. The minimum atomic E-state index is -0.110. The van der Waals surface area contributed by atoms with Crippen LogP contribution in [0, 0.1) is 6.92 Å². The maximum atomic E-state index is 11.7. The Morgan fingerprint density at radius 2 is 2.22 bits per heavy atom. The number of hydrogen-bond acceptors (Lipinski definition) is 3. The highest BCUT2D eigenvalue weighted by atomic mass is 35.5. The first kappa shape index (κ1) is 14.8. The third-order valence-corrected chi connectivity index (χ3v) is 2.98. The molecule has 4 nitrogen and oxygen atoms in total. The van der Waals surface area contributed by atoms with Gasteiger partial charge in [0, 0.05) is 23.7 Å². The molecular weight excluding hydrogens is 254 g/mol. The Bertz CT molecular complexity index is 421. The quantitative estimate of drug-likeness (QED) is 0.775. The van der Waals surface area contributed by atoms with E-state index in [1.807, 2.05) is 13.0 Å². The first-order chi connectivity index (χ1) is 8.58. The first-order valence-electron chi connectivity index (χ1n) is 5.79. The number of carbonyl (C=O) groups is 1. The van der Waals surface area contributed by atoms with Gasteiger partial charge in [0.05, 0.1) is 13.5 Å². The van der Waals surface area contributed by atoms with Crippen LogP contribution in [0.4, 0.5) is 0 Å². The van der Waals surface area contributed by atoms with Crippen LogP contribution in [0.15, 0.2) is 12.1 Å². The lowest BCUT2D eigenvalue weighted by atomic mass is 10.1. The molecule has 0 spiro atoms. The number of carbonyl (C=O) groups excluding carboxylic acids is 1. The molecule has 0 aliphatic heterocycles. The second kappa shape index (κ2) is 7.24. The van der Waals surface area contributed by atoms with Gasteiger partial charge in [-0.2, -0.15) is 0 Å². The van der Waals surface area contributed by atoms with E-state index in [1.54, 1.807) is 13.2 Å². The van der Waals surface area contributed by atoms with Gasteiger partial charge < -0.3 is 15.2 Å². The van der Waals surface area contributed by atoms with Crippen LogP contribution in [0.5, 0.6) is 5.75 Å². The molecular formula is C13H18ClNO3. The van der Waals surface area contributed by atoms with E-state index >= 15 is 0 Å². The molecule has 0 aliphatic carbocycles. The van der Waals surface area contributed by atoms with Gasteiger partial charge in [0.25, 0.3) is 0 Å². The number of rotatable bonds is 6. The largest absolute Gasteiger partial charge is 0.496 e. The van der Waals surface area contributed by atoms with Crippen molar-refractivity contribution in [3.63, 3.8) is 0 Å². The SMILES string of the molecule is COc1cc(C)c(Cl)cc1CC(=O)NCCCO. The topological polar surface area (TPSA) is 58.6 Å². The van der Waals surface area contributed by atoms with Crippen molar-refractivity contribution >= 4 is 17.5 Å². The standard InChI is InChI=1S/C13H18ClNO3/c1-9-6-12(18-2)10(7-11(9)14)8-13(17)15-4-3-5-16/h6-7,16H,3-5,8H2,1-2H3,(H,15,17). The molecule has 1 amide bonds. The molecule has 0 unspecified atom stereocenters. The minimum absolute atomic E-state index is 0.0694. The smallest absolute Gasteiger partial charge is 0.224 e. The summed E-state index contributed by atoms with van der Waals surface area (Å²) >= 11 is 6.03. The van der Waals surface area contributed by atoms with Gasteiger partial charge in [-0.3, -0.25) is 4.79 Å². The maximum Gasteiger partial charge on any atom is 0.224 e. The van der Waals surface area contributed by atoms with E-state index in [9.17, 15) is 4.79 Å². The summed E-state index contributed by atoms with van der Waals surface area (Å²) in [6.45, 7) is 2.42. The van der Waals surface area contributed by atoms with Crippen LogP contribution in [0.3, 0.4) is 0 Å². The van der Waals surface area contributed by atoms with E-state index in [0.717, 1.165) is 11.1 Å². The summed E-state index contributed by atoms with van der Waals surface area (Å²) in [4.78, 5) is 11.7. The van der Waals surface area contributed by atoms with Crippen molar-refractivity contribution in [1.29, 1.82) is 0 Å². The van der Waals surface area contributed by atoms with Crippen LogP contribution in [0.2, 0.25) is 5.02 Å². The molecule has 100 valence electrons. The normalized spacial score (nSPS) is 10.2. The van der Waals surface area contributed by atoms with Crippen LogP contribution in [-0.2, 0) is 11.2 Å². The second-order valence-corrected chi connectivity index (χ2v) is 4.42. The van der Waals surface area contributed by atoms with E-state index in [2.05, 4.69) is 5.32 Å². The lowest BCUT2D eigenvalue weighted by Crippen LogP contribution is -2.26. The summed E-state index contributed by atoms with van der Waals surface area (Å²) in [7, 11) is 1.57. The molecule has 0 bridgehead atoms. The molecule has 2 N–H and O–H groups in total. The highest BCUT2D eigenvalue weighted by molar-refractivity contribution is 6.31. The van der Waals surface area contributed by atoms with Crippen molar-refractivity contribution < 1.29 is 14.6 Å². The van der Waals surface area contributed by atoms with Crippen molar-refractivity contribution in [3.8, 4) is 5.75 Å². The van der Waals surface area contributed by atoms with Gasteiger partial charge in [-0.15, -0.1) is 0 Å². The number of nitrogens with one attached hydrogen (secondary N) is 1. The Labute approximate surface area is 112 Å². The zero-order valence-electron chi connectivity index (χ0n) is 10.6. The highest BCUT2D eigenvalue weighted by Gasteiger charge is 2.10. The minimum Gasteiger partial charge on any atom is -0.496 e. The predicted molar refractivity (Wildman–Crippen MR) is 71.2 cm³/mol. The Morgan fingerprint density at radius 1 is 1.50 bits per heavy atom. The van der Waals surface area contributed by atoms with E-state index in [0.29, 0.717) is 23.7 Å². The van der Waals surface area contributed by atoms with E-state index in [-0.39, 0.29) is 18.9 Å². The Balaban J connectivity index is 2.71. The zero-order chi connectivity index (χ0) is 13.5. The van der Waals surface area contributed by atoms with Gasteiger partial charge in [0.15, 0.2) is 0 Å². The van der Waals surface area contributed by atoms with Crippen molar-refractivity contribution in [2.24, 2.45) is 0 Å². The molecule has 1 rings (SSSR count). The molecule has 0 aliphatic rings. The molecule has 0 heterocycles. The average Bonchev–Trinajstić information content (AvgIpc) is 2.34. The van der Waals surface area contributed by atoms with Crippen LogP contribution < -0.4 is 10.1 Å². The fourth-order valence-corrected chi connectivity index (χ4v) is 1.75. The van der Waals surface area contributed by atoms with Crippen molar-refractivity contribution in [1.82, 2.24) is 5.32 Å². The number of ether oxygens (including phenoxy) is 1. The number of amides is 1. The van der Waals surface area contributed by atoms with E-state index < -0.39 is 0 Å². The molecule has 0 radical (unpaired) electrons. The second-order valence-electron chi connectivity index (χ2n) is 4.02. The Morgan fingerprint density at radius 3 is 2.83 bits per heavy atom. The molecule has 1 aromatic carbocycles. The fraction of sp³-hybridized carbons (Fsp3) is 0.462. The third-order valence-electron chi connectivity index (χ3n) is 2.57. The highest BCUT2D eigenvalue weighted by Crippen LogP contribution is 2.26. The summed E-state index contributed by atoms with van der Waals surface area (Å²) in [5.41, 5.74) is 1.67. The van der Waals surface area contributed by atoms with Crippen LogP contribution >= 0.6 is 11.6 Å². The average molecular weight is 272 g/mol. The molecule has 0 saturated heterocycles.